The normalized spacial score (nSPS) is 11.6. The first-order chi connectivity index (χ1) is 12.7. The third-order valence-corrected chi connectivity index (χ3v) is 4.02. The molecule has 1 aromatic heterocycles. The zero-order valence-electron chi connectivity index (χ0n) is 16.0. The Bertz CT molecular complexity index is 665. The summed E-state index contributed by atoms with van der Waals surface area (Å²) in [6, 6.07) is 8.46. The second-order valence-corrected chi connectivity index (χ2v) is 6.14. The first-order valence-corrected chi connectivity index (χ1v) is 9.16. The van der Waals surface area contributed by atoms with Crippen molar-refractivity contribution >= 4 is 5.96 Å². The number of hydrogen-bond acceptors (Lipinski definition) is 4. The van der Waals surface area contributed by atoms with E-state index in [1.807, 2.05) is 0 Å². The standard InChI is InChI=1S/C19H30N6O/c1-4-18-24-23-15-25(18)12-11-21-19(20-10-5-13-26-3)22-14-17-8-6-16(2)7-9-17/h6-9,15H,4-5,10-14H2,1-3H3,(H2,20,21,22). The number of methoxy groups -OCH3 is 1. The van der Waals surface area contributed by atoms with E-state index in [-0.39, 0.29) is 0 Å². The molecule has 0 spiro atoms. The Morgan fingerprint density at radius 3 is 2.69 bits per heavy atom. The summed E-state index contributed by atoms with van der Waals surface area (Å²) in [5.41, 5.74) is 2.45. The Labute approximate surface area is 155 Å². The van der Waals surface area contributed by atoms with Crippen LogP contribution in [0.15, 0.2) is 35.6 Å². The minimum Gasteiger partial charge on any atom is -0.385 e. The SMILES string of the molecule is CCc1nncn1CCNC(=NCc1ccc(C)cc1)NCCCOC. The molecule has 7 heteroatoms. The number of aryl methyl sites for hydroxylation is 2. The molecular weight excluding hydrogens is 328 g/mol. The van der Waals surface area contributed by atoms with Gasteiger partial charge >= 0.3 is 0 Å². The lowest BCUT2D eigenvalue weighted by Crippen LogP contribution is -2.39. The summed E-state index contributed by atoms with van der Waals surface area (Å²) >= 11 is 0. The Hall–Kier alpha value is -2.41. The van der Waals surface area contributed by atoms with Crippen LogP contribution in [0.1, 0.15) is 30.3 Å². The van der Waals surface area contributed by atoms with Crippen LogP contribution in [0.5, 0.6) is 0 Å². The molecule has 0 aliphatic heterocycles. The van der Waals surface area contributed by atoms with Crippen LogP contribution < -0.4 is 10.6 Å². The van der Waals surface area contributed by atoms with Crippen molar-refractivity contribution in [2.45, 2.75) is 39.8 Å². The fourth-order valence-electron chi connectivity index (χ4n) is 2.50. The van der Waals surface area contributed by atoms with E-state index in [4.69, 9.17) is 9.73 Å². The van der Waals surface area contributed by atoms with Gasteiger partial charge < -0.3 is 19.9 Å². The fourth-order valence-corrected chi connectivity index (χ4v) is 2.50. The molecule has 0 unspecified atom stereocenters. The molecule has 26 heavy (non-hydrogen) atoms. The first-order valence-electron chi connectivity index (χ1n) is 9.16. The molecule has 0 saturated carbocycles. The number of hydrogen-bond donors (Lipinski definition) is 2. The Morgan fingerprint density at radius 2 is 1.96 bits per heavy atom. The van der Waals surface area contributed by atoms with Crippen molar-refractivity contribution < 1.29 is 4.74 Å². The first kappa shape index (κ1) is 19.9. The lowest BCUT2D eigenvalue weighted by atomic mass is 10.1. The van der Waals surface area contributed by atoms with Gasteiger partial charge in [0.05, 0.1) is 6.54 Å². The zero-order valence-corrected chi connectivity index (χ0v) is 16.0. The molecule has 0 fully saturated rings. The highest BCUT2D eigenvalue weighted by atomic mass is 16.5. The number of ether oxygens (including phenoxy) is 1. The van der Waals surface area contributed by atoms with Crippen molar-refractivity contribution in [2.24, 2.45) is 4.99 Å². The maximum absolute atomic E-state index is 5.10. The van der Waals surface area contributed by atoms with Crippen molar-refractivity contribution in [3.63, 3.8) is 0 Å². The quantitative estimate of drug-likeness (QED) is 0.385. The van der Waals surface area contributed by atoms with Gasteiger partial charge in [-0.1, -0.05) is 36.8 Å². The van der Waals surface area contributed by atoms with Gasteiger partial charge in [0.25, 0.3) is 0 Å². The molecule has 0 aliphatic carbocycles. The van der Waals surface area contributed by atoms with Gasteiger partial charge in [0.15, 0.2) is 5.96 Å². The number of nitrogens with one attached hydrogen (secondary N) is 2. The molecular formula is C19H30N6O. The number of rotatable bonds is 10. The van der Waals surface area contributed by atoms with Crippen LogP contribution in [0, 0.1) is 6.92 Å². The van der Waals surface area contributed by atoms with Crippen molar-refractivity contribution in [3.8, 4) is 0 Å². The van der Waals surface area contributed by atoms with Gasteiger partial charge in [0.1, 0.15) is 12.2 Å². The smallest absolute Gasteiger partial charge is 0.191 e. The maximum atomic E-state index is 5.10. The molecule has 1 heterocycles. The zero-order chi connectivity index (χ0) is 18.6. The fraction of sp³-hybridized carbons (Fsp3) is 0.526. The Kier molecular flexibility index (Phi) is 8.62. The molecule has 0 saturated heterocycles. The molecule has 2 N–H and O–H groups in total. The molecule has 0 bridgehead atoms. The third-order valence-electron chi connectivity index (χ3n) is 4.02. The number of aromatic nitrogens is 3. The van der Waals surface area contributed by atoms with Crippen LogP contribution >= 0.6 is 0 Å². The third kappa shape index (κ3) is 6.84. The van der Waals surface area contributed by atoms with Crippen LogP contribution in [-0.2, 0) is 24.2 Å². The Morgan fingerprint density at radius 1 is 1.19 bits per heavy atom. The summed E-state index contributed by atoms with van der Waals surface area (Å²) in [7, 11) is 1.72. The van der Waals surface area contributed by atoms with Gasteiger partial charge in [-0.15, -0.1) is 10.2 Å². The molecule has 0 aliphatic rings. The van der Waals surface area contributed by atoms with Gasteiger partial charge in [-0.25, -0.2) is 4.99 Å². The monoisotopic (exact) mass is 358 g/mol. The number of benzene rings is 1. The van der Waals surface area contributed by atoms with E-state index in [0.717, 1.165) is 50.9 Å². The average molecular weight is 358 g/mol. The molecule has 2 aromatic rings. The number of aliphatic imine (C=N–C) groups is 1. The van der Waals surface area contributed by atoms with Crippen LogP contribution in [0.2, 0.25) is 0 Å². The summed E-state index contributed by atoms with van der Waals surface area (Å²) in [6.45, 7) is 7.94. The van der Waals surface area contributed by atoms with Crippen LogP contribution in [-0.4, -0.2) is 47.5 Å². The lowest BCUT2D eigenvalue weighted by molar-refractivity contribution is 0.195. The van der Waals surface area contributed by atoms with Gasteiger partial charge in [-0.3, -0.25) is 0 Å². The molecule has 1 aromatic carbocycles. The molecule has 0 radical (unpaired) electrons. The number of nitrogens with zero attached hydrogens (tertiary/aromatic N) is 4. The van der Waals surface area contributed by atoms with E-state index in [9.17, 15) is 0 Å². The largest absolute Gasteiger partial charge is 0.385 e. The predicted octanol–water partition coefficient (Wildman–Crippen LogP) is 1.92. The molecule has 2 rings (SSSR count). The highest BCUT2D eigenvalue weighted by Crippen LogP contribution is 2.04. The summed E-state index contributed by atoms with van der Waals surface area (Å²) in [6.07, 6.45) is 3.59. The van der Waals surface area contributed by atoms with Crippen LogP contribution in [0.4, 0.5) is 0 Å². The minimum absolute atomic E-state index is 0.646. The maximum Gasteiger partial charge on any atom is 0.191 e. The summed E-state index contributed by atoms with van der Waals surface area (Å²) in [5.74, 6) is 1.81. The summed E-state index contributed by atoms with van der Waals surface area (Å²) in [4.78, 5) is 4.70. The molecule has 0 atom stereocenters. The van der Waals surface area contributed by atoms with Crippen molar-refractivity contribution in [3.05, 3.63) is 47.5 Å². The second kappa shape index (κ2) is 11.3. The summed E-state index contributed by atoms with van der Waals surface area (Å²) < 4.78 is 7.17. The van der Waals surface area contributed by atoms with Gasteiger partial charge in [-0.05, 0) is 18.9 Å². The Balaban J connectivity index is 1.89. The molecule has 142 valence electrons. The van der Waals surface area contributed by atoms with Crippen molar-refractivity contribution in [1.82, 2.24) is 25.4 Å². The lowest BCUT2D eigenvalue weighted by Gasteiger charge is -2.13. The van der Waals surface area contributed by atoms with E-state index in [1.165, 1.54) is 11.1 Å². The minimum atomic E-state index is 0.646. The highest BCUT2D eigenvalue weighted by molar-refractivity contribution is 5.79. The van der Waals surface area contributed by atoms with E-state index in [1.54, 1.807) is 13.4 Å². The van der Waals surface area contributed by atoms with E-state index < -0.39 is 0 Å². The second-order valence-electron chi connectivity index (χ2n) is 6.14. The number of guanidine groups is 1. The van der Waals surface area contributed by atoms with Gasteiger partial charge in [-0.2, -0.15) is 0 Å². The van der Waals surface area contributed by atoms with Gasteiger partial charge in [0, 0.05) is 39.8 Å². The van der Waals surface area contributed by atoms with Crippen molar-refractivity contribution in [2.75, 3.05) is 26.8 Å². The molecule has 7 nitrogen and oxygen atoms in total. The average Bonchev–Trinajstić information content (AvgIpc) is 3.11. The van der Waals surface area contributed by atoms with E-state index in [2.05, 4.69) is 63.5 Å². The van der Waals surface area contributed by atoms with Gasteiger partial charge in [0.2, 0.25) is 0 Å². The van der Waals surface area contributed by atoms with Crippen molar-refractivity contribution in [1.29, 1.82) is 0 Å². The highest BCUT2D eigenvalue weighted by Gasteiger charge is 2.03. The topological polar surface area (TPSA) is 76.4 Å². The molecule has 0 amide bonds. The summed E-state index contributed by atoms with van der Waals surface area (Å²) in [5, 5.41) is 14.8. The van der Waals surface area contributed by atoms with Crippen LogP contribution in [0.3, 0.4) is 0 Å². The van der Waals surface area contributed by atoms with E-state index in [0.29, 0.717) is 6.54 Å². The predicted molar refractivity (Wildman–Crippen MR) is 104 cm³/mol. The van der Waals surface area contributed by atoms with E-state index >= 15 is 0 Å². The van der Waals surface area contributed by atoms with Crippen LogP contribution in [0.25, 0.3) is 0 Å².